The summed E-state index contributed by atoms with van der Waals surface area (Å²) in [5.41, 5.74) is -0.593. The van der Waals surface area contributed by atoms with Crippen LogP contribution < -0.4 is 4.90 Å². The topological polar surface area (TPSA) is 118 Å². The maximum atomic E-state index is 14.3. The first-order valence-electron chi connectivity index (χ1n) is 14.0. The van der Waals surface area contributed by atoms with Crippen molar-refractivity contribution in [3.8, 4) is 0 Å². The van der Waals surface area contributed by atoms with Crippen LogP contribution in [-0.4, -0.2) is 27.8 Å². The molecule has 0 aromatic heterocycles. The van der Waals surface area contributed by atoms with E-state index in [0.29, 0.717) is 19.3 Å². The molecule has 1 aromatic rings. The molecule has 38 heavy (non-hydrogen) atoms. The molecule has 8 atom stereocenters. The molecule has 2 bridgehead atoms. The molecular formula is C30H36N2O6. The molecule has 5 aliphatic carbocycles. The Morgan fingerprint density at radius 1 is 1.11 bits per heavy atom. The monoisotopic (exact) mass is 520 g/mol. The molecule has 1 saturated heterocycles. The summed E-state index contributed by atoms with van der Waals surface area (Å²) in [5, 5.41) is 22.1. The van der Waals surface area contributed by atoms with Crippen molar-refractivity contribution in [2.75, 3.05) is 4.90 Å². The van der Waals surface area contributed by atoms with Gasteiger partial charge in [0.1, 0.15) is 5.69 Å². The van der Waals surface area contributed by atoms with Gasteiger partial charge in [0.15, 0.2) is 0 Å². The lowest BCUT2D eigenvalue weighted by atomic mass is 9.34. The Balaban J connectivity index is 1.50. The van der Waals surface area contributed by atoms with E-state index in [9.17, 15) is 29.6 Å². The minimum Gasteiger partial charge on any atom is -0.481 e. The average molecular weight is 521 g/mol. The first-order valence-corrected chi connectivity index (χ1v) is 14.0. The minimum atomic E-state index is -0.804. The van der Waals surface area contributed by atoms with Crippen LogP contribution in [0.1, 0.15) is 66.2 Å². The Labute approximate surface area is 222 Å². The number of para-hydroxylation sites is 2. The third kappa shape index (κ3) is 2.94. The number of carboxylic acid groups (broad SMARTS) is 1. The molecule has 8 heteroatoms. The van der Waals surface area contributed by atoms with Gasteiger partial charge >= 0.3 is 5.97 Å². The van der Waals surface area contributed by atoms with Gasteiger partial charge in [0.05, 0.1) is 22.2 Å². The van der Waals surface area contributed by atoms with Gasteiger partial charge in [-0.05, 0) is 74.2 Å². The highest BCUT2D eigenvalue weighted by Crippen LogP contribution is 2.74. The van der Waals surface area contributed by atoms with Crippen LogP contribution in [0.4, 0.5) is 11.4 Å². The van der Waals surface area contributed by atoms with Crippen molar-refractivity contribution in [3.05, 3.63) is 46.0 Å². The smallest absolute Gasteiger partial charge is 0.309 e. The van der Waals surface area contributed by atoms with E-state index in [0.717, 1.165) is 24.2 Å². The molecule has 1 heterocycles. The number of carboxylic acids is 1. The molecule has 0 unspecified atom stereocenters. The third-order valence-electron chi connectivity index (χ3n) is 11.5. The Morgan fingerprint density at radius 2 is 1.82 bits per heavy atom. The van der Waals surface area contributed by atoms with Crippen LogP contribution >= 0.6 is 0 Å². The standard InChI is InChI=1S/C30H36N2O6/c1-16(2)18-15-30-13-10-21-28(3,11-7-12-29(21,4)27(35)36)22(30)14-17(18)23-24(30)26(34)31(25(23)33)19-8-5-6-9-20(19)32(37)38/h5-6,8-9,15-17,21-24H,7,10-14H2,1-4H3,(H,35,36)/t17-,21+,22-,23-,24+,28+,29-,30+/m1/s1. The molecule has 7 rings (SSSR count). The van der Waals surface area contributed by atoms with Crippen LogP contribution in [0.2, 0.25) is 0 Å². The Bertz CT molecular complexity index is 1300. The molecule has 0 radical (unpaired) electrons. The van der Waals surface area contributed by atoms with Gasteiger partial charge in [-0.15, -0.1) is 0 Å². The van der Waals surface area contributed by atoms with Gasteiger partial charge in [0.2, 0.25) is 11.8 Å². The van der Waals surface area contributed by atoms with E-state index in [4.69, 9.17) is 0 Å². The highest BCUT2D eigenvalue weighted by molar-refractivity contribution is 6.23. The zero-order chi connectivity index (χ0) is 27.4. The number of nitrogens with zero attached hydrogens (tertiary/aromatic N) is 2. The summed E-state index contributed by atoms with van der Waals surface area (Å²) in [6.45, 7) is 8.39. The predicted octanol–water partition coefficient (Wildman–Crippen LogP) is 5.61. The summed E-state index contributed by atoms with van der Waals surface area (Å²) < 4.78 is 0. The van der Waals surface area contributed by atoms with Crippen LogP contribution in [0.3, 0.4) is 0 Å². The van der Waals surface area contributed by atoms with E-state index >= 15 is 0 Å². The molecule has 202 valence electrons. The number of carbonyl (C=O) groups excluding carboxylic acids is 2. The van der Waals surface area contributed by atoms with Crippen LogP contribution in [0, 0.1) is 61.9 Å². The summed E-state index contributed by atoms with van der Waals surface area (Å²) in [4.78, 5) is 53.3. The second-order valence-electron chi connectivity index (χ2n) is 13.2. The zero-order valence-electron chi connectivity index (χ0n) is 22.5. The maximum Gasteiger partial charge on any atom is 0.309 e. The van der Waals surface area contributed by atoms with E-state index in [2.05, 4.69) is 26.8 Å². The number of imide groups is 1. The molecule has 6 aliphatic rings. The van der Waals surface area contributed by atoms with Gasteiger partial charge in [-0.2, -0.15) is 0 Å². The first-order chi connectivity index (χ1) is 17.9. The van der Waals surface area contributed by atoms with Crippen molar-refractivity contribution in [1.82, 2.24) is 0 Å². The number of amides is 2. The number of hydrogen-bond acceptors (Lipinski definition) is 5. The highest BCUT2D eigenvalue weighted by Gasteiger charge is 2.73. The molecule has 1 N–H and O–H groups in total. The number of nitro groups is 1. The average Bonchev–Trinajstić information content (AvgIpc) is 3.15. The lowest BCUT2D eigenvalue weighted by molar-refractivity contribution is -0.384. The minimum absolute atomic E-state index is 0.00379. The summed E-state index contributed by atoms with van der Waals surface area (Å²) in [5.74, 6) is -2.32. The van der Waals surface area contributed by atoms with E-state index in [1.54, 1.807) is 12.1 Å². The summed E-state index contributed by atoms with van der Waals surface area (Å²) in [6, 6.07) is 6.00. The van der Waals surface area contributed by atoms with Crippen LogP contribution in [0.5, 0.6) is 0 Å². The first kappa shape index (κ1) is 25.3. The summed E-state index contributed by atoms with van der Waals surface area (Å²) in [6.07, 6.45) is 6.84. The lowest BCUT2D eigenvalue weighted by Crippen LogP contribution is -2.65. The third-order valence-corrected chi connectivity index (χ3v) is 11.5. The Kier molecular flexibility index (Phi) is 5.31. The van der Waals surface area contributed by atoms with Crippen molar-refractivity contribution >= 4 is 29.2 Å². The van der Waals surface area contributed by atoms with Gasteiger partial charge in [0.25, 0.3) is 5.69 Å². The quantitative estimate of drug-likeness (QED) is 0.239. The van der Waals surface area contributed by atoms with Crippen molar-refractivity contribution < 1.29 is 24.4 Å². The largest absolute Gasteiger partial charge is 0.481 e. The number of aliphatic carboxylic acids is 1. The van der Waals surface area contributed by atoms with E-state index in [1.807, 2.05) is 6.92 Å². The normalized spacial score (nSPS) is 41.4. The van der Waals surface area contributed by atoms with Crippen LogP contribution in [0.25, 0.3) is 0 Å². The van der Waals surface area contributed by atoms with E-state index < -0.39 is 33.6 Å². The number of hydrogen-bond donors (Lipinski definition) is 1. The van der Waals surface area contributed by atoms with Crippen molar-refractivity contribution in [2.45, 2.75) is 66.2 Å². The molecule has 4 fully saturated rings. The fourth-order valence-electron chi connectivity index (χ4n) is 10.0. The van der Waals surface area contributed by atoms with Crippen LogP contribution in [0.15, 0.2) is 35.9 Å². The number of carbonyl (C=O) groups is 3. The molecule has 1 spiro atoms. The lowest BCUT2D eigenvalue weighted by Gasteiger charge is -2.68. The second kappa shape index (κ2) is 7.99. The second-order valence-corrected chi connectivity index (χ2v) is 13.2. The summed E-state index contributed by atoms with van der Waals surface area (Å²) >= 11 is 0. The van der Waals surface area contributed by atoms with E-state index in [-0.39, 0.29) is 52.3 Å². The fraction of sp³-hybridized carbons (Fsp3) is 0.633. The molecule has 3 saturated carbocycles. The molecular weight excluding hydrogens is 484 g/mol. The molecule has 1 aromatic carbocycles. The molecule has 1 aliphatic heterocycles. The predicted molar refractivity (Wildman–Crippen MR) is 140 cm³/mol. The van der Waals surface area contributed by atoms with Crippen LogP contribution in [-0.2, 0) is 14.4 Å². The number of rotatable bonds is 4. The SMILES string of the molecule is CC(C)C1=C[C@@]23CC[C@H]4[C@](C)(CCC[C@@]4(C)C(=O)O)[C@H]2C[C@H]1[C@H]1C(=O)N(c2ccccc2[N+](=O)[O-])C(=O)[C@H]13. The van der Waals surface area contributed by atoms with E-state index in [1.165, 1.54) is 17.7 Å². The van der Waals surface area contributed by atoms with Gasteiger partial charge in [-0.1, -0.05) is 51.0 Å². The Hall–Kier alpha value is -3.03. The van der Waals surface area contributed by atoms with Gasteiger partial charge in [-0.3, -0.25) is 24.5 Å². The molecule has 2 amide bonds. The fourth-order valence-corrected chi connectivity index (χ4v) is 10.0. The van der Waals surface area contributed by atoms with Crippen molar-refractivity contribution in [2.24, 2.45) is 51.8 Å². The van der Waals surface area contributed by atoms with Crippen molar-refractivity contribution in [1.29, 1.82) is 0 Å². The summed E-state index contributed by atoms with van der Waals surface area (Å²) in [7, 11) is 0. The molecule has 8 nitrogen and oxygen atoms in total. The number of allylic oxidation sites excluding steroid dienone is 2. The number of anilines is 1. The Morgan fingerprint density at radius 3 is 2.47 bits per heavy atom. The van der Waals surface area contributed by atoms with Crippen molar-refractivity contribution in [3.63, 3.8) is 0 Å². The maximum absolute atomic E-state index is 14.3. The van der Waals surface area contributed by atoms with Gasteiger partial charge < -0.3 is 5.11 Å². The number of nitro benzene ring substituents is 1. The highest BCUT2D eigenvalue weighted by atomic mass is 16.6. The van der Waals surface area contributed by atoms with Gasteiger partial charge in [-0.25, -0.2) is 4.90 Å². The number of benzene rings is 1. The van der Waals surface area contributed by atoms with Gasteiger partial charge in [0, 0.05) is 11.5 Å². The number of fused-ring (bicyclic) bond motifs is 1. The zero-order valence-corrected chi connectivity index (χ0v) is 22.5.